The van der Waals surface area contributed by atoms with Crippen LogP contribution in [0, 0.1) is 0 Å². The van der Waals surface area contributed by atoms with E-state index in [-0.39, 0.29) is 5.56 Å². The molecule has 2 rings (SSSR count). The summed E-state index contributed by atoms with van der Waals surface area (Å²) in [5.41, 5.74) is 2.02. The molecule has 1 unspecified atom stereocenters. The second-order valence-electron chi connectivity index (χ2n) is 4.02. The maximum absolute atomic E-state index is 11.0. The summed E-state index contributed by atoms with van der Waals surface area (Å²) in [6.07, 6.45) is 2.33. The Labute approximate surface area is 93.7 Å². The van der Waals surface area contributed by atoms with Gasteiger partial charge in [-0.3, -0.25) is 0 Å². The van der Waals surface area contributed by atoms with Crippen molar-refractivity contribution >= 4 is 16.9 Å². The van der Waals surface area contributed by atoms with Gasteiger partial charge >= 0.3 is 5.97 Å². The smallest absolute Gasteiger partial charge is 0.339 e. The lowest BCUT2D eigenvalue weighted by Crippen LogP contribution is -1.95. The summed E-state index contributed by atoms with van der Waals surface area (Å²) in [4.78, 5) is 11.0. The average Bonchev–Trinajstić information content (AvgIpc) is 2.70. The Morgan fingerprint density at radius 3 is 2.88 bits per heavy atom. The zero-order valence-corrected chi connectivity index (χ0v) is 9.36. The monoisotopic (exact) mass is 218 g/mol. The van der Waals surface area contributed by atoms with E-state index in [1.54, 1.807) is 0 Å². The van der Waals surface area contributed by atoms with Gasteiger partial charge in [0.1, 0.15) is 17.4 Å². The molecule has 0 aliphatic heterocycles. The van der Waals surface area contributed by atoms with Crippen molar-refractivity contribution in [3.8, 4) is 0 Å². The maximum atomic E-state index is 11.0. The Bertz CT molecular complexity index is 525. The molecule has 0 bridgehead atoms. The van der Waals surface area contributed by atoms with Crippen molar-refractivity contribution in [2.24, 2.45) is 0 Å². The van der Waals surface area contributed by atoms with E-state index in [1.807, 2.05) is 18.2 Å². The molecule has 1 N–H and O–H groups in total. The molecule has 0 saturated carbocycles. The van der Waals surface area contributed by atoms with Crippen LogP contribution in [0.3, 0.4) is 0 Å². The minimum absolute atomic E-state index is 0.236. The van der Waals surface area contributed by atoms with E-state index < -0.39 is 5.97 Å². The summed E-state index contributed by atoms with van der Waals surface area (Å²) < 4.78 is 5.20. The number of carbonyl (C=O) groups is 1. The van der Waals surface area contributed by atoms with E-state index in [4.69, 9.17) is 9.52 Å². The van der Waals surface area contributed by atoms with Gasteiger partial charge in [0.2, 0.25) is 0 Å². The highest BCUT2D eigenvalue weighted by Crippen LogP contribution is 2.27. The number of hydrogen-bond acceptors (Lipinski definition) is 2. The van der Waals surface area contributed by atoms with Crippen molar-refractivity contribution in [1.29, 1.82) is 0 Å². The molecule has 0 fully saturated rings. The first-order valence-electron chi connectivity index (χ1n) is 5.38. The Balaban J connectivity index is 2.58. The number of rotatable bonds is 3. The van der Waals surface area contributed by atoms with Gasteiger partial charge in [0.15, 0.2) is 0 Å². The van der Waals surface area contributed by atoms with E-state index in [2.05, 4.69) is 13.8 Å². The number of furan rings is 1. The van der Waals surface area contributed by atoms with Gasteiger partial charge in [-0.2, -0.15) is 0 Å². The minimum atomic E-state index is -0.944. The molecule has 16 heavy (non-hydrogen) atoms. The summed E-state index contributed by atoms with van der Waals surface area (Å²) in [7, 11) is 0. The molecule has 1 heterocycles. The predicted octanol–water partition coefficient (Wildman–Crippen LogP) is 3.64. The van der Waals surface area contributed by atoms with Crippen molar-refractivity contribution in [3.05, 3.63) is 35.6 Å². The van der Waals surface area contributed by atoms with Gasteiger partial charge in [0.05, 0.1) is 0 Å². The lowest BCUT2D eigenvalue weighted by atomic mass is 9.97. The first-order chi connectivity index (χ1) is 7.63. The molecule has 3 nitrogen and oxygen atoms in total. The van der Waals surface area contributed by atoms with Crippen molar-refractivity contribution in [3.63, 3.8) is 0 Å². The molecule has 1 aromatic heterocycles. The minimum Gasteiger partial charge on any atom is -0.478 e. The Kier molecular flexibility index (Phi) is 2.69. The average molecular weight is 218 g/mol. The number of carboxylic acids is 1. The largest absolute Gasteiger partial charge is 0.478 e. The maximum Gasteiger partial charge on any atom is 0.339 e. The Morgan fingerprint density at radius 2 is 2.25 bits per heavy atom. The van der Waals surface area contributed by atoms with Crippen LogP contribution in [0.4, 0.5) is 0 Å². The van der Waals surface area contributed by atoms with Crippen LogP contribution in [-0.2, 0) is 0 Å². The first-order valence-corrected chi connectivity index (χ1v) is 5.38. The zero-order valence-electron chi connectivity index (χ0n) is 9.36. The van der Waals surface area contributed by atoms with Crippen LogP contribution in [0.5, 0.6) is 0 Å². The number of hydrogen-bond donors (Lipinski definition) is 1. The van der Waals surface area contributed by atoms with E-state index in [9.17, 15) is 4.79 Å². The molecule has 0 radical (unpaired) electrons. The molecule has 1 aromatic carbocycles. The van der Waals surface area contributed by atoms with Gasteiger partial charge in [-0.1, -0.05) is 19.9 Å². The number of aromatic carboxylic acids is 1. The fraction of sp³-hybridized carbons (Fsp3) is 0.308. The van der Waals surface area contributed by atoms with E-state index in [0.29, 0.717) is 16.9 Å². The molecule has 84 valence electrons. The number of carboxylic acid groups (broad SMARTS) is 1. The highest BCUT2D eigenvalue weighted by Gasteiger charge is 2.13. The topological polar surface area (TPSA) is 50.4 Å². The van der Waals surface area contributed by atoms with Crippen LogP contribution in [0.1, 0.15) is 42.1 Å². The van der Waals surface area contributed by atoms with Crippen molar-refractivity contribution in [1.82, 2.24) is 0 Å². The summed E-state index contributed by atoms with van der Waals surface area (Å²) in [5.74, 6) is -0.513. The third-order valence-electron chi connectivity index (χ3n) is 3.01. The fourth-order valence-corrected chi connectivity index (χ4v) is 1.75. The van der Waals surface area contributed by atoms with E-state index in [1.165, 1.54) is 6.26 Å². The van der Waals surface area contributed by atoms with E-state index >= 15 is 0 Å². The lowest BCUT2D eigenvalue weighted by molar-refractivity contribution is 0.0698. The molecular formula is C13H14O3. The first kappa shape index (κ1) is 10.7. The van der Waals surface area contributed by atoms with Gasteiger partial charge in [0, 0.05) is 5.39 Å². The van der Waals surface area contributed by atoms with Gasteiger partial charge < -0.3 is 9.52 Å². The normalized spacial score (nSPS) is 12.9. The van der Waals surface area contributed by atoms with Gasteiger partial charge in [-0.25, -0.2) is 4.79 Å². The molecule has 3 heteroatoms. The van der Waals surface area contributed by atoms with Gasteiger partial charge in [-0.05, 0) is 30.0 Å². The zero-order chi connectivity index (χ0) is 11.7. The van der Waals surface area contributed by atoms with Crippen molar-refractivity contribution in [2.75, 3.05) is 0 Å². The molecule has 0 aliphatic rings. The quantitative estimate of drug-likeness (QED) is 0.855. The predicted molar refractivity (Wildman–Crippen MR) is 61.9 cm³/mol. The molecule has 0 aliphatic carbocycles. The third-order valence-corrected chi connectivity index (χ3v) is 3.01. The SMILES string of the molecule is CCC(C)c1ccc2occ(C(=O)O)c2c1. The summed E-state index contributed by atoms with van der Waals surface area (Å²) >= 11 is 0. The molecule has 0 amide bonds. The standard InChI is InChI=1S/C13H14O3/c1-3-8(2)9-4-5-12-10(6-9)11(7-16-12)13(14)15/h4-8H,3H2,1-2H3,(H,14,15). The Hall–Kier alpha value is -1.77. The number of benzene rings is 1. The summed E-state index contributed by atoms with van der Waals surface area (Å²) in [6, 6.07) is 5.74. The van der Waals surface area contributed by atoms with Crippen LogP contribution in [0.2, 0.25) is 0 Å². The summed E-state index contributed by atoms with van der Waals surface area (Å²) in [5, 5.41) is 9.68. The van der Waals surface area contributed by atoms with Crippen LogP contribution in [0.15, 0.2) is 28.9 Å². The molecule has 2 aromatic rings. The van der Waals surface area contributed by atoms with Crippen molar-refractivity contribution < 1.29 is 14.3 Å². The molecular weight excluding hydrogens is 204 g/mol. The molecule has 1 atom stereocenters. The summed E-state index contributed by atoms with van der Waals surface area (Å²) in [6.45, 7) is 4.24. The van der Waals surface area contributed by atoms with Crippen molar-refractivity contribution in [2.45, 2.75) is 26.2 Å². The van der Waals surface area contributed by atoms with E-state index in [0.717, 1.165) is 12.0 Å². The fourth-order valence-electron chi connectivity index (χ4n) is 1.75. The van der Waals surface area contributed by atoms with Crippen LogP contribution in [0.25, 0.3) is 11.0 Å². The molecule has 0 saturated heterocycles. The van der Waals surface area contributed by atoms with Gasteiger partial charge in [0.25, 0.3) is 0 Å². The third kappa shape index (κ3) is 1.69. The van der Waals surface area contributed by atoms with Crippen LogP contribution >= 0.6 is 0 Å². The molecule has 0 spiro atoms. The van der Waals surface area contributed by atoms with Crippen LogP contribution in [-0.4, -0.2) is 11.1 Å². The second-order valence-corrected chi connectivity index (χ2v) is 4.02. The van der Waals surface area contributed by atoms with Gasteiger partial charge in [-0.15, -0.1) is 0 Å². The Morgan fingerprint density at radius 1 is 1.50 bits per heavy atom. The highest BCUT2D eigenvalue weighted by molar-refractivity contribution is 6.02. The van der Waals surface area contributed by atoms with Crippen LogP contribution < -0.4 is 0 Å². The second kappa shape index (κ2) is 4.00. The number of fused-ring (bicyclic) bond motifs is 1. The lowest BCUT2D eigenvalue weighted by Gasteiger charge is -2.08. The highest BCUT2D eigenvalue weighted by atomic mass is 16.4.